The molecule has 0 aromatic heterocycles. The standard InChI is InChI=1S/C19H17F3O4/c1-25-15(23)17(16(24)26-2)10-12-8-9-18(14(12)11-17,19(20,21)22)13-6-4-3-5-7-13/h3-9H,10-11H2,1-2H3. The Morgan fingerprint density at radius 1 is 1.00 bits per heavy atom. The lowest BCUT2D eigenvalue weighted by Gasteiger charge is -2.35. The molecule has 0 spiro atoms. The first-order chi connectivity index (χ1) is 12.2. The number of carbonyl (C=O) groups excluding carboxylic acids is 2. The van der Waals surface area contributed by atoms with Gasteiger partial charge in [-0.1, -0.05) is 42.5 Å². The molecule has 0 saturated heterocycles. The van der Waals surface area contributed by atoms with E-state index in [1.165, 1.54) is 30.3 Å². The van der Waals surface area contributed by atoms with Crippen LogP contribution in [-0.4, -0.2) is 32.3 Å². The molecule has 2 aliphatic carbocycles. The van der Waals surface area contributed by atoms with Gasteiger partial charge in [-0.3, -0.25) is 9.59 Å². The average Bonchev–Trinajstić information content (AvgIpc) is 3.17. The Labute approximate surface area is 148 Å². The normalized spacial score (nSPS) is 23.7. The second-order valence-corrected chi connectivity index (χ2v) is 6.43. The van der Waals surface area contributed by atoms with E-state index in [4.69, 9.17) is 9.47 Å². The van der Waals surface area contributed by atoms with E-state index in [-0.39, 0.29) is 17.6 Å². The summed E-state index contributed by atoms with van der Waals surface area (Å²) in [7, 11) is 2.20. The molecule has 7 heteroatoms. The Morgan fingerprint density at radius 2 is 1.58 bits per heavy atom. The number of hydrogen-bond donors (Lipinski definition) is 0. The van der Waals surface area contributed by atoms with Gasteiger partial charge in [-0.15, -0.1) is 0 Å². The minimum absolute atomic E-state index is 0.00741. The van der Waals surface area contributed by atoms with Crippen LogP contribution in [-0.2, 0) is 24.5 Å². The molecule has 0 aliphatic heterocycles. The van der Waals surface area contributed by atoms with Crippen LogP contribution in [0.15, 0.2) is 53.6 Å². The molecule has 0 amide bonds. The van der Waals surface area contributed by atoms with Crippen molar-refractivity contribution in [2.45, 2.75) is 24.4 Å². The molecule has 1 atom stereocenters. The van der Waals surface area contributed by atoms with E-state index in [1.54, 1.807) is 6.07 Å². The summed E-state index contributed by atoms with van der Waals surface area (Å²) < 4.78 is 52.1. The molecular formula is C19H17F3O4. The number of ether oxygens (including phenoxy) is 2. The van der Waals surface area contributed by atoms with Crippen LogP contribution in [0.2, 0.25) is 0 Å². The Hall–Kier alpha value is -2.57. The molecule has 0 N–H and O–H groups in total. The number of esters is 2. The first-order valence-electron chi connectivity index (χ1n) is 7.94. The smallest absolute Gasteiger partial charge is 0.405 e. The Kier molecular flexibility index (Phi) is 4.21. The largest absolute Gasteiger partial charge is 0.468 e. The summed E-state index contributed by atoms with van der Waals surface area (Å²) in [4.78, 5) is 24.6. The molecular weight excluding hydrogens is 349 g/mol. The molecule has 4 nitrogen and oxygen atoms in total. The fraction of sp³-hybridized carbons (Fsp3) is 0.368. The summed E-state index contributed by atoms with van der Waals surface area (Å²) >= 11 is 0. The van der Waals surface area contributed by atoms with Crippen LogP contribution < -0.4 is 0 Å². The Bertz CT molecular complexity index is 792. The zero-order chi connectivity index (χ0) is 19.2. The second kappa shape index (κ2) is 6.00. The lowest BCUT2D eigenvalue weighted by atomic mass is 9.71. The van der Waals surface area contributed by atoms with Crippen molar-refractivity contribution in [1.82, 2.24) is 0 Å². The van der Waals surface area contributed by atoms with E-state index in [0.717, 1.165) is 20.3 Å². The molecule has 1 aromatic rings. The quantitative estimate of drug-likeness (QED) is 0.607. The predicted molar refractivity (Wildman–Crippen MR) is 86.0 cm³/mol. The molecule has 0 fully saturated rings. The second-order valence-electron chi connectivity index (χ2n) is 6.43. The van der Waals surface area contributed by atoms with Crippen molar-refractivity contribution in [2.24, 2.45) is 5.41 Å². The molecule has 0 heterocycles. The maximum atomic E-state index is 14.2. The van der Waals surface area contributed by atoms with Crippen LogP contribution in [0.25, 0.3) is 0 Å². The van der Waals surface area contributed by atoms with E-state index < -0.39 is 35.4 Å². The lowest BCUT2D eigenvalue weighted by Crippen LogP contribution is -2.44. The average molecular weight is 366 g/mol. The number of benzene rings is 1. The monoisotopic (exact) mass is 366 g/mol. The van der Waals surface area contributed by atoms with Gasteiger partial charge in [0.1, 0.15) is 5.41 Å². The van der Waals surface area contributed by atoms with E-state index in [0.29, 0.717) is 5.57 Å². The van der Waals surface area contributed by atoms with Gasteiger partial charge >= 0.3 is 18.1 Å². The topological polar surface area (TPSA) is 52.6 Å². The van der Waals surface area contributed by atoms with Crippen LogP contribution in [0.5, 0.6) is 0 Å². The van der Waals surface area contributed by atoms with Gasteiger partial charge in [0.25, 0.3) is 0 Å². The third kappa shape index (κ3) is 2.29. The number of hydrogen-bond acceptors (Lipinski definition) is 4. The van der Waals surface area contributed by atoms with Crippen molar-refractivity contribution < 1.29 is 32.2 Å². The van der Waals surface area contributed by atoms with Crippen LogP contribution in [0.1, 0.15) is 18.4 Å². The van der Waals surface area contributed by atoms with E-state index >= 15 is 0 Å². The molecule has 2 aliphatic rings. The predicted octanol–water partition coefficient (Wildman–Crippen LogP) is 3.48. The van der Waals surface area contributed by atoms with Gasteiger partial charge in [0, 0.05) is 0 Å². The van der Waals surface area contributed by atoms with E-state index in [1.807, 2.05) is 0 Å². The van der Waals surface area contributed by atoms with Crippen molar-refractivity contribution in [2.75, 3.05) is 14.2 Å². The number of halogens is 3. The number of methoxy groups -OCH3 is 2. The van der Waals surface area contributed by atoms with Gasteiger partial charge in [0.15, 0.2) is 5.41 Å². The highest BCUT2D eigenvalue weighted by molar-refractivity contribution is 6.02. The first-order valence-corrected chi connectivity index (χ1v) is 7.94. The van der Waals surface area contributed by atoms with Crippen LogP contribution in [0.4, 0.5) is 13.2 Å². The summed E-state index contributed by atoms with van der Waals surface area (Å²) in [5, 5.41) is 0. The summed E-state index contributed by atoms with van der Waals surface area (Å²) in [5.74, 6) is -1.78. The number of allylic oxidation sites excluding steroid dienone is 4. The fourth-order valence-corrected chi connectivity index (χ4v) is 3.95. The zero-order valence-electron chi connectivity index (χ0n) is 14.2. The molecule has 3 rings (SSSR count). The third-order valence-corrected chi connectivity index (χ3v) is 5.20. The van der Waals surface area contributed by atoms with Gasteiger partial charge in [-0.2, -0.15) is 13.2 Å². The first kappa shape index (κ1) is 18.2. The summed E-state index contributed by atoms with van der Waals surface area (Å²) in [5.41, 5.74) is -3.80. The zero-order valence-corrected chi connectivity index (χ0v) is 14.2. The maximum absolute atomic E-state index is 14.2. The van der Waals surface area contributed by atoms with Crippen molar-refractivity contribution in [1.29, 1.82) is 0 Å². The molecule has 26 heavy (non-hydrogen) atoms. The third-order valence-electron chi connectivity index (χ3n) is 5.20. The minimum atomic E-state index is -4.63. The van der Waals surface area contributed by atoms with E-state index in [2.05, 4.69) is 0 Å². The van der Waals surface area contributed by atoms with Gasteiger partial charge in [0.2, 0.25) is 0 Å². The molecule has 138 valence electrons. The highest BCUT2D eigenvalue weighted by Gasteiger charge is 2.65. The van der Waals surface area contributed by atoms with Crippen LogP contribution in [0, 0.1) is 5.41 Å². The number of alkyl halides is 3. The fourth-order valence-electron chi connectivity index (χ4n) is 3.95. The van der Waals surface area contributed by atoms with Gasteiger partial charge in [-0.05, 0) is 29.6 Å². The van der Waals surface area contributed by atoms with E-state index in [9.17, 15) is 22.8 Å². The summed E-state index contributed by atoms with van der Waals surface area (Å²) in [6, 6.07) is 7.47. The van der Waals surface area contributed by atoms with Crippen LogP contribution >= 0.6 is 0 Å². The molecule has 1 unspecified atom stereocenters. The molecule has 0 bridgehead atoms. The summed E-state index contributed by atoms with van der Waals surface area (Å²) in [6.07, 6.45) is -2.76. The molecule has 0 saturated carbocycles. The molecule has 1 aromatic carbocycles. The van der Waals surface area contributed by atoms with Crippen molar-refractivity contribution in [3.8, 4) is 0 Å². The maximum Gasteiger partial charge on any atom is 0.405 e. The molecule has 0 radical (unpaired) electrons. The lowest BCUT2D eigenvalue weighted by molar-refractivity contribution is -0.173. The van der Waals surface area contributed by atoms with Crippen molar-refractivity contribution in [3.63, 3.8) is 0 Å². The van der Waals surface area contributed by atoms with Gasteiger partial charge < -0.3 is 9.47 Å². The van der Waals surface area contributed by atoms with Crippen LogP contribution in [0.3, 0.4) is 0 Å². The van der Waals surface area contributed by atoms with Crippen molar-refractivity contribution >= 4 is 11.9 Å². The number of rotatable bonds is 3. The van der Waals surface area contributed by atoms with Gasteiger partial charge in [0.05, 0.1) is 14.2 Å². The highest BCUT2D eigenvalue weighted by atomic mass is 19.4. The Balaban J connectivity index is 2.15. The number of carbonyl (C=O) groups is 2. The minimum Gasteiger partial charge on any atom is -0.468 e. The Morgan fingerprint density at radius 3 is 2.08 bits per heavy atom. The SMILES string of the molecule is COC(=O)C1(C(=O)OC)CC2=C(C1)C(c1ccccc1)(C(F)(F)F)C=C2. The summed E-state index contributed by atoms with van der Waals surface area (Å²) in [6.45, 7) is 0. The highest BCUT2D eigenvalue weighted by Crippen LogP contribution is 2.60. The van der Waals surface area contributed by atoms with Gasteiger partial charge in [-0.25, -0.2) is 0 Å². The van der Waals surface area contributed by atoms with Crippen molar-refractivity contribution in [3.05, 3.63) is 59.2 Å².